The van der Waals surface area contributed by atoms with Crippen LogP contribution in [-0.2, 0) is 0 Å². The van der Waals surface area contributed by atoms with Gasteiger partial charge in [0.15, 0.2) is 11.6 Å². The molecule has 0 aliphatic heterocycles. The van der Waals surface area contributed by atoms with E-state index in [4.69, 9.17) is 5.73 Å². The van der Waals surface area contributed by atoms with Crippen LogP contribution in [0.25, 0.3) is 0 Å². The molecule has 0 saturated heterocycles. The number of hydrogen-bond donors (Lipinski definition) is 2. The van der Waals surface area contributed by atoms with Gasteiger partial charge in [0.05, 0.1) is 0 Å². The first-order valence-electron chi connectivity index (χ1n) is 8.21. The Morgan fingerprint density at radius 3 is 2.48 bits per heavy atom. The summed E-state index contributed by atoms with van der Waals surface area (Å²) in [5.41, 5.74) is 9.12. The fraction of sp³-hybridized carbons (Fsp3) is 0.444. The molecule has 1 aromatic heterocycles. The van der Waals surface area contributed by atoms with E-state index < -0.39 is 0 Å². The second kappa shape index (κ2) is 7.81. The Balaban J connectivity index is 2.17. The molecule has 0 atom stereocenters. The van der Waals surface area contributed by atoms with Crippen LogP contribution in [0.5, 0.6) is 0 Å². The summed E-state index contributed by atoms with van der Waals surface area (Å²) in [6.07, 6.45) is 3.81. The summed E-state index contributed by atoms with van der Waals surface area (Å²) in [5, 5.41) is 3.29. The van der Waals surface area contributed by atoms with Gasteiger partial charge in [0.25, 0.3) is 0 Å². The summed E-state index contributed by atoms with van der Waals surface area (Å²) in [5.74, 6) is 1.94. The monoisotopic (exact) mass is 313 g/mol. The van der Waals surface area contributed by atoms with E-state index >= 15 is 0 Å². The van der Waals surface area contributed by atoms with Gasteiger partial charge < -0.3 is 16.0 Å². The Morgan fingerprint density at radius 1 is 1.17 bits per heavy atom. The molecule has 0 unspecified atom stereocenters. The maximum atomic E-state index is 6.25. The fourth-order valence-corrected chi connectivity index (χ4v) is 2.38. The van der Waals surface area contributed by atoms with Crippen molar-refractivity contribution in [1.82, 2.24) is 9.97 Å². The average molecular weight is 313 g/mol. The topological polar surface area (TPSA) is 67.1 Å². The first-order valence-corrected chi connectivity index (χ1v) is 8.21. The third-order valence-electron chi connectivity index (χ3n) is 3.91. The molecule has 0 amide bonds. The van der Waals surface area contributed by atoms with Gasteiger partial charge in [-0.2, -0.15) is 0 Å². The predicted octanol–water partition coefficient (Wildman–Crippen LogP) is 4.16. The highest BCUT2D eigenvalue weighted by Gasteiger charge is 2.12. The Kier molecular flexibility index (Phi) is 5.79. The summed E-state index contributed by atoms with van der Waals surface area (Å²) in [6, 6.07) is 8.35. The molecule has 5 nitrogen and oxygen atoms in total. The minimum Gasteiger partial charge on any atom is -0.393 e. The molecular weight excluding hydrogens is 286 g/mol. The Hall–Kier alpha value is -2.30. The smallest absolute Gasteiger partial charge is 0.159 e. The molecule has 23 heavy (non-hydrogen) atoms. The molecule has 0 aliphatic rings. The van der Waals surface area contributed by atoms with Gasteiger partial charge in [-0.05, 0) is 30.0 Å². The average Bonchev–Trinajstić information content (AvgIpc) is 2.55. The normalized spacial score (nSPS) is 10.8. The van der Waals surface area contributed by atoms with E-state index in [9.17, 15) is 0 Å². The molecule has 0 radical (unpaired) electrons. The summed E-state index contributed by atoms with van der Waals surface area (Å²) in [6.45, 7) is 7.47. The predicted molar refractivity (Wildman–Crippen MR) is 98.4 cm³/mol. The van der Waals surface area contributed by atoms with Crippen LogP contribution in [0.15, 0.2) is 30.6 Å². The number of benzene rings is 1. The minimum absolute atomic E-state index is 0.520. The Morgan fingerprint density at radius 2 is 1.87 bits per heavy atom. The van der Waals surface area contributed by atoms with Crippen molar-refractivity contribution in [1.29, 1.82) is 0 Å². The minimum atomic E-state index is 0.520. The third kappa shape index (κ3) is 4.34. The van der Waals surface area contributed by atoms with Crippen molar-refractivity contribution in [3.05, 3.63) is 36.2 Å². The number of nitrogen functional groups attached to an aromatic ring is 1. The van der Waals surface area contributed by atoms with Crippen molar-refractivity contribution in [2.45, 2.75) is 39.5 Å². The molecule has 2 rings (SSSR count). The van der Waals surface area contributed by atoms with Crippen LogP contribution in [0.2, 0.25) is 0 Å². The zero-order valence-corrected chi connectivity index (χ0v) is 14.5. The van der Waals surface area contributed by atoms with E-state index in [1.54, 1.807) is 6.33 Å². The van der Waals surface area contributed by atoms with Crippen molar-refractivity contribution in [2.75, 3.05) is 29.5 Å². The molecule has 0 aliphatic carbocycles. The lowest BCUT2D eigenvalue weighted by Gasteiger charge is -2.20. The molecule has 3 N–H and O–H groups in total. The standard InChI is InChI=1S/C18H27N5/c1-5-6-11-23(4)18-16(19)17(20-12-21-18)22-15-9-7-14(8-10-15)13(2)3/h7-10,12-13H,5-6,11,19H2,1-4H3,(H,20,21,22). The van der Waals surface area contributed by atoms with E-state index in [1.165, 1.54) is 5.56 Å². The lowest BCUT2D eigenvalue weighted by Crippen LogP contribution is -2.21. The largest absolute Gasteiger partial charge is 0.393 e. The number of anilines is 4. The van der Waals surface area contributed by atoms with Gasteiger partial charge in [0, 0.05) is 19.3 Å². The molecule has 0 saturated carbocycles. The lowest BCUT2D eigenvalue weighted by molar-refractivity contribution is 0.759. The molecule has 1 aromatic carbocycles. The van der Waals surface area contributed by atoms with Crippen LogP contribution < -0.4 is 16.0 Å². The van der Waals surface area contributed by atoms with Crippen LogP contribution in [-0.4, -0.2) is 23.6 Å². The second-order valence-electron chi connectivity index (χ2n) is 6.14. The van der Waals surface area contributed by atoms with Crippen LogP contribution in [0, 0.1) is 0 Å². The van der Waals surface area contributed by atoms with Gasteiger partial charge in [-0.3, -0.25) is 0 Å². The Labute approximate surface area is 138 Å². The lowest BCUT2D eigenvalue weighted by atomic mass is 10.0. The van der Waals surface area contributed by atoms with E-state index in [0.717, 1.165) is 30.9 Å². The second-order valence-corrected chi connectivity index (χ2v) is 6.14. The molecule has 0 bridgehead atoms. The Bertz CT molecular complexity index is 622. The maximum absolute atomic E-state index is 6.25. The summed E-state index contributed by atoms with van der Waals surface area (Å²) >= 11 is 0. The number of rotatable bonds is 7. The summed E-state index contributed by atoms with van der Waals surface area (Å²) < 4.78 is 0. The highest BCUT2D eigenvalue weighted by atomic mass is 15.2. The zero-order valence-electron chi connectivity index (χ0n) is 14.5. The van der Waals surface area contributed by atoms with Crippen molar-refractivity contribution >= 4 is 23.0 Å². The molecule has 0 fully saturated rings. The van der Waals surface area contributed by atoms with E-state index in [2.05, 4.69) is 65.2 Å². The van der Waals surface area contributed by atoms with Crippen LogP contribution in [0.3, 0.4) is 0 Å². The van der Waals surface area contributed by atoms with Crippen molar-refractivity contribution in [3.63, 3.8) is 0 Å². The van der Waals surface area contributed by atoms with Crippen LogP contribution in [0.1, 0.15) is 45.1 Å². The van der Waals surface area contributed by atoms with Gasteiger partial charge in [0.2, 0.25) is 0 Å². The first-order chi connectivity index (χ1) is 11.0. The quantitative estimate of drug-likeness (QED) is 0.803. The summed E-state index contributed by atoms with van der Waals surface area (Å²) in [4.78, 5) is 10.7. The van der Waals surface area contributed by atoms with Crippen LogP contribution in [0.4, 0.5) is 23.0 Å². The van der Waals surface area contributed by atoms with Gasteiger partial charge in [-0.1, -0.05) is 39.3 Å². The molecular formula is C18H27N5. The molecule has 2 aromatic rings. The van der Waals surface area contributed by atoms with E-state index in [-0.39, 0.29) is 0 Å². The first kappa shape index (κ1) is 17.1. The number of aromatic nitrogens is 2. The third-order valence-corrected chi connectivity index (χ3v) is 3.91. The van der Waals surface area contributed by atoms with Crippen molar-refractivity contribution in [2.24, 2.45) is 0 Å². The van der Waals surface area contributed by atoms with Gasteiger partial charge in [-0.15, -0.1) is 0 Å². The molecule has 0 spiro atoms. The highest BCUT2D eigenvalue weighted by Crippen LogP contribution is 2.28. The maximum Gasteiger partial charge on any atom is 0.159 e. The van der Waals surface area contributed by atoms with Crippen molar-refractivity contribution in [3.8, 4) is 0 Å². The number of nitrogens with two attached hydrogens (primary N) is 1. The van der Waals surface area contributed by atoms with Crippen molar-refractivity contribution < 1.29 is 0 Å². The number of unbranched alkanes of at least 4 members (excludes halogenated alkanes) is 1. The molecule has 1 heterocycles. The van der Waals surface area contributed by atoms with Gasteiger partial charge in [-0.25, -0.2) is 9.97 Å². The highest BCUT2D eigenvalue weighted by molar-refractivity contribution is 5.78. The molecule has 124 valence electrons. The van der Waals surface area contributed by atoms with Gasteiger partial charge in [0.1, 0.15) is 12.0 Å². The SMILES string of the molecule is CCCCN(C)c1ncnc(Nc2ccc(C(C)C)cc2)c1N. The fourth-order valence-electron chi connectivity index (χ4n) is 2.38. The number of nitrogens with zero attached hydrogens (tertiary/aromatic N) is 3. The summed E-state index contributed by atoms with van der Waals surface area (Å²) in [7, 11) is 2.01. The number of nitrogens with one attached hydrogen (secondary N) is 1. The van der Waals surface area contributed by atoms with Crippen LogP contribution >= 0.6 is 0 Å². The number of hydrogen-bond acceptors (Lipinski definition) is 5. The van der Waals surface area contributed by atoms with E-state index in [0.29, 0.717) is 17.4 Å². The van der Waals surface area contributed by atoms with Gasteiger partial charge >= 0.3 is 0 Å². The van der Waals surface area contributed by atoms with E-state index in [1.807, 2.05) is 7.05 Å². The zero-order chi connectivity index (χ0) is 16.8. The molecule has 5 heteroatoms.